The van der Waals surface area contributed by atoms with Crippen molar-refractivity contribution in [3.05, 3.63) is 23.8 Å². The molecular formula is C16H26O2S. The van der Waals surface area contributed by atoms with Gasteiger partial charge in [-0.25, -0.2) is 0 Å². The highest BCUT2D eigenvalue weighted by Gasteiger charge is 2.03. The highest BCUT2D eigenvalue weighted by molar-refractivity contribution is 7.99. The summed E-state index contributed by atoms with van der Waals surface area (Å²) in [5.74, 6) is 1.55. The van der Waals surface area contributed by atoms with Gasteiger partial charge in [-0.1, -0.05) is 26.2 Å². The molecular weight excluding hydrogens is 256 g/mol. The molecule has 0 unspecified atom stereocenters. The predicted octanol–water partition coefficient (Wildman–Crippen LogP) is 4.38. The molecule has 0 aliphatic heterocycles. The first-order valence-electron chi connectivity index (χ1n) is 7.33. The Balaban J connectivity index is 2.33. The summed E-state index contributed by atoms with van der Waals surface area (Å²) in [5.41, 5.74) is 1.08. The zero-order chi connectivity index (χ0) is 13.9. The summed E-state index contributed by atoms with van der Waals surface area (Å²) in [7, 11) is 0. The van der Waals surface area contributed by atoms with Crippen molar-refractivity contribution < 1.29 is 10.2 Å². The van der Waals surface area contributed by atoms with Gasteiger partial charge in [-0.05, 0) is 55.2 Å². The number of unbranched alkanes of at least 4 members (excludes halogenated alkanes) is 4. The number of aromatic hydroxyl groups is 1. The predicted molar refractivity (Wildman–Crippen MR) is 83.0 cm³/mol. The van der Waals surface area contributed by atoms with Crippen LogP contribution in [0, 0.1) is 0 Å². The van der Waals surface area contributed by atoms with Crippen LogP contribution in [0.2, 0.25) is 0 Å². The maximum Gasteiger partial charge on any atom is 0.118 e. The van der Waals surface area contributed by atoms with Crippen molar-refractivity contribution in [1.82, 2.24) is 0 Å². The van der Waals surface area contributed by atoms with Crippen LogP contribution >= 0.6 is 11.8 Å². The van der Waals surface area contributed by atoms with E-state index in [1.165, 1.54) is 17.7 Å². The minimum atomic E-state index is 0.311. The van der Waals surface area contributed by atoms with Gasteiger partial charge in [0, 0.05) is 11.5 Å². The number of hydrogen-bond donors (Lipinski definition) is 2. The van der Waals surface area contributed by atoms with Crippen LogP contribution in [0.15, 0.2) is 23.1 Å². The standard InChI is InChI=1S/C16H26O2S/c1-2-3-8-14-13-15(9-10-16(14)18)19-12-7-5-4-6-11-17/h9-10,13,17-18H,2-8,11-12H2,1H3. The van der Waals surface area contributed by atoms with Crippen LogP contribution < -0.4 is 0 Å². The van der Waals surface area contributed by atoms with Gasteiger partial charge in [0.15, 0.2) is 0 Å². The summed E-state index contributed by atoms with van der Waals surface area (Å²) in [6.45, 7) is 2.48. The Kier molecular flexibility index (Phi) is 8.76. The van der Waals surface area contributed by atoms with Crippen LogP contribution in [0.25, 0.3) is 0 Å². The van der Waals surface area contributed by atoms with E-state index in [1.807, 2.05) is 23.9 Å². The number of aliphatic hydroxyl groups is 1. The fourth-order valence-corrected chi connectivity index (χ4v) is 2.95. The summed E-state index contributed by atoms with van der Waals surface area (Å²) < 4.78 is 0. The normalized spacial score (nSPS) is 10.8. The average Bonchev–Trinajstić information content (AvgIpc) is 2.43. The molecule has 0 heterocycles. The molecule has 0 fully saturated rings. The Morgan fingerprint density at radius 2 is 1.84 bits per heavy atom. The van der Waals surface area contributed by atoms with Gasteiger partial charge in [-0.15, -0.1) is 11.8 Å². The number of thioether (sulfide) groups is 1. The zero-order valence-corrected chi connectivity index (χ0v) is 12.7. The summed E-state index contributed by atoms with van der Waals surface area (Å²) in [6, 6.07) is 5.95. The van der Waals surface area contributed by atoms with Crippen LogP contribution in [-0.4, -0.2) is 22.6 Å². The molecule has 1 rings (SSSR count). The van der Waals surface area contributed by atoms with Gasteiger partial charge in [0.1, 0.15) is 5.75 Å². The van der Waals surface area contributed by atoms with Crippen LogP contribution in [-0.2, 0) is 6.42 Å². The van der Waals surface area contributed by atoms with Gasteiger partial charge in [0.05, 0.1) is 0 Å². The van der Waals surface area contributed by atoms with Gasteiger partial charge < -0.3 is 10.2 Å². The lowest BCUT2D eigenvalue weighted by molar-refractivity contribution is 0.283. The molecule has 1 aromatic carbocycles. The summed E-state index contributed by atoms with van der Waals surface area (Å²) in [4.78, 5) is 1.26. The van der Waals surface area contributed by atoms with E-state index in [4.69, 9.17) is 5.11 Å². The fourth-order valence-electron chi connectivity index (χ4n) is 1.98. The second kappa shape index (κ2) is 10.2. The minimum absolute atomic E-state index is 0.311. The number of phenols is 1. The third-order valence-electron chi connectivity index (χ3n) is 3.17. The number of hydrogen-bond acceptors (Lipinski definition) is 3. The molecule has 2 N–H and O–H groups in total. The highest BCUT2D eigenvalue weighted by atomic mass is 32.2. The van der Waals surface area contributed by atoms with Crippen LogP contribution in [0.5, 0.6) is 5.75 Å². The van der Waals surface area contributed by atoms with E-state index >= 15 is 0 Å². The summed E-state index contributed by atoms with van der Waals surface area (Å²) >= 11 is 1.86. The molecule has 0 saturated carbocycles. The van der Waals surface area contributed by atoms with E-state index in [2.05, 4.69) is 13.0 Å². The van der Waals surface area contributed by atoms with E-state index in [-0.39, 0.29) is 0 Å². The molecule has 0 aromatic heterocycles. The molecule has 2 nitrogen and oxygen atoms in total. The lowest BCUT2D eigenvalue weighted by atomic mass is 10.1. The van der Waals surface area contributed by atoms with E-state index in [1.54, 1.807) is 0 Å². The first-order chi connectivity index (χ1) is 9.27. The largest absolute Gasteiger partial charge is 0.508 e. The molecule has 1 aromatic rings. The van der Waals surface area contributed by atoms with E-state index < -0.39 is 0 Å². The number of rotatable bonds is 10. The summed E-state index contributed by atoms with van der Waals surface area (Å²) in [5, 5.41) is 18.5. The van der Waals surface area contributed by atoms with Crippen molar-refractivity contribution in [3.63, 3.8) is 0 Å². The average molecular weight is 282 g/mol. The van der Waals surface area contributed by atoms with Crippen molar-refractivity contribution in [2.75, 3.05) is 12.4 Å². The third kappa shape index (κ3) is 6.88. The van der Waals surface area contributed by atoms with Crippen LogP contribution in [0.4, 0.5) is 0 Å². The Hall–Kier alpha value is -0.670. The van der Waals surface area contributed by atoms with E-state index in [0.29, 0.717) is 12.4 Å². The smallest absolute Gasteiger partial charge is 0.118 e. The third-order valence-corrected chi connectivity index (χ3v) is 4.25. The highest BCUT2D eigenvalue weighted by Crippen LogP contribution is 2.27. The molecule has 0 atom stereocenters. The SMILES string of the molecule is CCCCc1cc(SCCCCCCO)ccc1O. The second-order valence-corrected chi connectivity index (χ2v) is 6.05. The Morgan fingerprint density at radius 3 is 2.58 bits per heavy atom. The molecule has 0 radical (unpaired) electrons. The minimum Gasteiger partial charge on any atom is -0.508 e. The van der Waals surface area contributed by atoms with Crippen LogP contribution in [0.1, 0.15) is 51.0 Å². The van der Waals surface area contributed by atoms with Gasteiger partial charge in [0.2, 0.25) is 0 Å². The first-order valence-corrected chi connectivity index (χ1v) is 8.32. The Labute approximate surface area is 121 Å². The van der Waals surface area contributed by atoms with Crippen molar-refractivity contribution in [1.29, 1.82) is 0 Å². The number of aliphatic hydroxyl groups excluding tert-OH is 1. The van der Waals surface area contributed by atoms with Gasteiger partial charge in [-0.3, -0.25) is 0 Å². The lowest BCUT2D eigenvalue weighted by Crippen LogP contribution is -1.88. The quantitative estimate of drug-likeness (QED) is 0.494. The molecule has 0 aliphatic carbocycles. The zero-order valence-electron chi connectivity index (χ0n) is 11.9. The Bertz CT molecular complexity index is 353. The number of phenolic OH excluding ortho intramolecular Hbond substituents is 1. The van der Waals surface area contributed by atoms with E-state index in [9.17, 15) is 5.11 Å². The lowest BCUT2D eigenvalue weighted by Gasteiger charge is -2.07. The fraction of sp³-hybridized carbons (Fsp3) is 0.625. The maximum atomic E-state index is 9.80. The second-order valence-electron chi connectivity index (χ2n) is 4.88. The van der Waals surface area contributed by atoms with E-state index in [0.717, 1.165) is 43.4 Å². The molecule has 3 heteroatoms. The molecule has 0 saturated heterocycles. The maximum absolute atomic E-state index is 9.80. The van der Waals surface area contributed by atoms with Gasteiger partial charge >= 0.3 is 0 Å². The molecule has 0 bridgehead atoms. The molecule has 108 valence electrons. The molecule has 0 spiro atoms. The number of aryl methyl sites for hydroxylation is 1. The topological polar surface area (TPSA) is 40.5 Å². The van der Waals surface area contributed by atoms with Gasteiger partial charge in [-0.2, -0.15) is 0 Å². The van der Waals surface area contributed by atoms with Crippen molar-refractivity contribution in [2.24, 2.45) is 0 Å². The van der Waals surface area contributed by atoms with Crippen molar-refractivity contribution >= 4 is 11.8 Å². The molecule has 19 heavy (non-hydrogen) atoms. The van der Waals surface area contributed by atoms with Gasteiger partial charge in [0.25, 0.3) is 0 Å². The monoisotopic (exact) mass is 282 g/mol. The molecule has 0 aliphatic rings. The molecule has 0 amide bonds. The first kappa shape index (κ1) is 16.4. The number of benzene rings is 1. The Morgan fingerprint density at radius 1 is 1.05 bits per heavy atom. The van der Waals surface area contributed by atoms with Crippen molar-refractivity contribution in [3.8, 4) is 5.75 Å². The van der Waals surface area contributed by atoms with Crippen molar-refractivity contribution in [2.45, 2.75) is 56.8 Å². The summed E-state index contributed by atoms with van der Waals surface area (Å²) in [6.07, 6.45) is 7.67. The van der Waals surface area contributed by atoms with Crippen LogP contribution in [0.3, 0.4) is 0 Å².